The fourth-order valence-electron chi connectivity index (χ4n) is 3.34. The van der Waals surface area contributed by atoms with Crippen LogP contribution in [0.4, 0.5) is 11.4 Å². The minimum absolute atomic E-state index is 0.207. The molecule has 1 aliphatic carbocycles. The van der Waals surface area contributed by atoms with Crippen molar-refractivity contribution in [1.29, 1.82) is 0 Å². The minimum Gasteiger partial charge on any atom is -0.459 e. The SMILES string of the molecule is Cc1ccc(C(=O)Nc2ccc3c(c2)CCC3)cc1NC(=O)c1ccco1. The smallest absolute Gasteiger partial charge is 0.291 e. The van der Waals surface area contributed by atoms with E-state index in [4.69, 9.17) is 4.42 Å². The van der Waals surface area contributed by atoms with Crippen LogP contribution in [-0.2, 0) is 12.8 Å². The molecule has 4 rings (SSSR count). The predicted molar refractivity (Wildman–Crippen MR) is 104 cm³/mol. The highest BCUT2D eigenvalue weighted by molar-refractivity contribution is 6.07. The Bertz CT molecular complexity index is 1010. The number of benzene rings is 2. The van der Waals surface area contributed by atoms with Crippen molar-refractivity contribution in [2.45, 2.75) is 26.2 Å². The molecule has 0 aliphatic heterocycles. The lowest BCUT2D eigenvalue weighted by Gasteiger charge is -2.11. The summed E-state index contributed by atoms with van der Waals surface area (Å²) in [6, 6.07) is 14.6. The van der Waals surface area contributed by atoms with Crippen LogP contribution < -0.4 is 10.6 Å². The highest BCUT2D eigenvalue weighted by atomic mass is 16.3. The van der Waals surface area contributed by atoms with Gasteiger partial charge in [0.1, 0.15) is 0 Å². The van der Waals surface area contributed by atoms with E-state index in [1.54, 1.807) is 24.3 Å². The molecule has 0 fully saturated rings. The van der Waals surface area contributed by atoms with Crippen molar-refractivity contribution in [2.75, 3.05) is 10.6 Å². The molecule has 0 atom stereocenters. The number of carbonyl (C=O) groups excluding carboxylic acids is 2. The Labute approximate surface area is 157 Å². The number of nitrogens with one attached hydrogen (secondary N) is 2. The van der Waals surface area contributed by atoms with Gasteiger partial charge in [-0.3, -0.25) is 9.59 Å². The van der Waals surface area contributed by atoms with Gasteiger partial charge in [0, 0.05) is 16.9 Å². The first kappa shape index (κ1) is 17.1. The quantitative estimate of drug-likeness (QED) is 0.715. The molecule has 3 aromatic rings. The third-order valence-electron chi connectivity index (χ3n) is 4.85. The van der Waals surface area contributed by atoms with Crippen molar-refractivity contribution in [3.63, 3.8) is 0 Å². The van der Waals surface area contributed by atoms with Crippen LogP contribution in [0.3, 0.4) is 0 Å². The lowest BCUT2D eigenvalue weighted by Crippen LogP contribution is -2.15. The summed E-state index contributed by atoms with van der Waals surface area (Å²) in [4.78, 5) is 24.9. The third kappa shape index (κ3) is 3.62. The molecule has 0 saturated carbocycles. The number of furan rings is 1. The number of aryl methyl sites for hydroxylation is 3. The molecule has 1 aliphatic rings. The molecule has 2 amide bonds. The van der Waals surface area contributed by atoms with Gasteiger partial charge >= 0.3 is 0 Å². The van der Waals surface area contributed by atoms with Crippen molar-refractivity contribution in [2.24, 2.45) is 0 Å². The average Bonchev–Trinajstić information content (AvgIpc) is 3.34. The van der Waals surface area contributed by atoms with E-state index in [0.717, 1.165) is 24.1 Å². The number of anilines is 2. The summed E-state index contributed by atoms with van der Waals surface area (Å²) >= 11 is 0. The molecule has 0 bridgehead atoms. The monoisotopic (exact) mass is 360 g/mol. The van der Waals surface area contributed by atoms with Crippen molar-refractivity contribution in [3.8, 4) is 0 Å². The maximum atomic E-state index is 12.6. The van der Waals surface area contributed by atoms with E-state index in [1.165, 1.54) is 23.8 Å². The van der Waals surface area contributed by atoms with Gasteiger partial charge in [-0.1, -0.05) is 12.1 Å². The summed E-state index contributed by atoms with van der Waals surface area (Å²) in [5.41, 5.74) is 5.40. The molecule has 136 valence electrons. The molecule has 5 nitrogen and oxygen atoms in total. The molecule has 1 heterocycles. The zero-order chi connectivity index (χ0) is 18.8. The number of fused-ring (bicyclic) bond motifs is 1. The van der Waals surface area contributed by atoms with Gasteiger partial charge in [-0.15, -0.1) is 0 Å². The van der Waals surface area contributed by atoms with Crippen LogP contribution in [0.15, 0.2) is 59.2 Å². The molecule has 2 N–H and O–H groups in total. The standard InChI is InChI=1S/C22H20N2O3/c1-14-7-8-17(13-19(14)24-22(26)20-6-3-11-27-20)21(25)23-18-10-9-15-4-2-5-16(15)12-18/h3,6-13H,2,4-5H2,1H3,(H,23,25)(H,24,26). The van der Waals surface area contributed by atoms with Crippen molar-refractivity contribution >= 4 is 23.2 Å². The van der Waals surface area contributed by atoms with Crippen LogP contribution in [0.1, 0.15) is 44.0 Å². The molecule has 0 saturated heterocycles. The molecule has 0 spiro atoms. The van der Waals surface area contributed by atoms with E-state index < -0.39 is 0 Å². The predicted octanol–water partition coefficient (Wildman–Crippen LogP) is 4.58. The molecule has 0 radical (unpaired) electrons. The number of hydrogen-bond acceptors (Lipinski definition) is 3. The summed E-state index contributed by atoms with van der Waals surface area (Å²) in [6.07, 6.45) is 4.79. The van der Waals surface area contributed by atoms with Crippen LogP contribution in [0.25, 0.3) is 0 Å². The lowest BCUT2D eigenvalue weighted by molar-refractivity contribution is 0.0993. The normalized spacial score (nSPS) is 12.5. The molecule has 5 heteroatoms. The fourth-order valence-corrected chi connectivity index (χ4v) is 3.34. The van der Waals surface area contributed by atoms with Gasteiger partial charge < -0.3 is 15.1 Å². The summed E-state index contributed by atoms with van der Waals surface area (Å²) in [5.74, 6) is -0.330. The second-order valence-electron chi connectivity index (χ2n) is 6.75. The zero-order valence-electron chi connectivity index (χ0n) is 15.0. The molecular weight excluding hydrogens is 340 g/mol. The van der Waals surface area contributed by atoms with Crippen LogP contribution >= 0.6 is 0 Å². The van der Waals surface area contributed by atoms with E-state index in [-0.39, 0.29) is 17.6 Å². The summed E-state index contributed by atoms with van der Waals surface area (Å²) in [7, 11) is 0. The van der Waals surface area contributed by atoms with E-state index in [0.29, 0.717) is 11.3 Å². The van der Waals surface area contributed by atoms with Gasteiger partial charge in [-0.25, -0.2) is 0 Å². The number of hydrogen-bond donors (Lipinski definition) is 2. The van der Waals surface area contributed by atoms with E-state index in [2.05, 4.69) is 16.7 Å². The fraction of sp³-hybridized carbons (Fsp3) is 0.182. The van der Waals surface area contributed by atoms with E-state index >= 15 is 0 Å². The lowest BCUT2D eigenvalue weighted by atomic mass is 10.1. The Morgan fingerprint density at radius 1 is 0.926 bits per heavy atom. The van der Waals surface area contributed by atoms with Crippen molar-refractivity contribution in [3.05, 3.63) is 82.8 Å². The van der Waals surface area contributed by atoms with Gasteiger partial charge in [0.25, 0.3) is 11.8 Å². The molecule has 0 unspecified atom stereocenters. The maximum Gasteiger partial charge on any atom is 0.291 e. The highest BCUT2D eigenvalue weighted by Gasteiger charge is 2.15. The van der Waals surface area contributed by atoms with Crippen LogP contribution in [0.5, 0.6) is 0 Å². The first-order valence-corrected chi connectivity index (χ1v) is 8.99. The second kappa shape index (κ2) is 7.11. The Balaban J connectivity index is 1.51. The molecule has 27 heavy (non-hydrogen) atoms. The van der Waals surface area contributed by atoms with Crippen LogP contribution in [-0.4, -0.2) is 11.8 Å². The number of carbonyl (C=O) groups is 2. The van der Waals surface area contributed by atoms with Crippen LogP contribution in [0, 0.1) is 6.92 Å². The van der Waals surface area contributed by atoms with Crippen molar-refractivity contribution in [1.82, 2.24) is 0 Å². The Kier molecular flexibility index (Phi) is 4.50. The van der Waals surface area contributed by atoms with E-state index in [1.807, 2.05) is 25.1 Å². The number of rotatable bonds is 4. The van der Waals surface area contributed by atoms with Crippen LogP contribution in [0.2, 0.25) is 0 Å². The first-order valence-electron chi connectivity index (χ1n) is 8.99. The largest absolute Gasteiger partial charge is 0.459 e. The second-order valence-corrected chi connectivity index (χ2v) is 6.75. The first-order chi connectivity index (χ1) is 13.1. The summed E-state index contributed by atoms with van der Waals surface area (Å²) in [6.45, 7) is 1.87. The van der Waals surface area contributed by atoms with Gasteiger partial charge in [0.2, 0.25) is 0 Å². The number of amides is 2. The van der Waals surface area contributed by atoms with Gasteiger partial charge in [-0.05, 0) is 79.3 Å². The minimum atomic E-state index is -0.348. The average molecular weight is 360 g/mol. The highest BCUT2D eigenvalue weighted by Crippen LogP contribution is 2.25. The van der Waals surface area contributed by atoms with Gasteiger partial charge in [0.05, 0.1) is 6.26 Å². The molecular formula is C22H20N2O3. The van der Waals surface area contributed by atoms with Gasteiger partial charge in [0.15, 0.2) is 5.76 Å². The van der Waals surface area contributed by atoms with Crippen molar-refractivity contribution < 1.29 is 14.0 Å². The Morgan fingerprint density at radius 2 is 1.78 bits per heavy atom. The zero-order valence-corrected chi connectivity index (χ0v) is 15.0. The van der Waals surface area contributed by atoms with E-state index in [9.17, 15) is 9.59 Å². The topological polar surface area (TPSA) is 71.3 Å². The summed E-state index contributed by atoms with van der Waals surface area (Å²) in [5, 5.41) is 5.74. The van der Waals surface area contributed by atoms with Gasteiger partial charge in [-0.2, -0.15) is 0 Å². The Hall–Kier alpha value is -3.34. The molecule has 1 aromatic heterocycles. The Morgan fingerprint density at radius 3 is 2.59 bits per heavy atom. The summed E-state index contributed by atoms with van der Waals surface area (Å²) < 4.78 is 5.11. The third-order valence-corrected chi connectivity index (χ3v) is 4.85. The maximum absolute atomic E-state index is 12.6. The molecule has 2 aromatic carbocycles.